The molecule has 1 aromatic carbocycles. The summed E-state index contributed by atoms with van der Waals surface area (Å²) < 4.78 is 24.6. The molecule has 3 aliphatic carbocycles. The molecule has 7 nitrogen and oxygen atoms in total. The molecule has 5 atom stereocenters. The Balaban J connectivity index is 1.49. The van der Waals surface area contributed by atoms with Gasteiger partial charge in [-0.1, -0.05) is 11.6 Å². The van der Waals surface area contributed by atoms with E-state index in [2.05, 4.69) is 4.90 Å². The number of hydrogen-bond donors (Lipinski definition) is 2. The molecule has 2 bridgehead atoms. The minimum atomic E-state index is -1.15. The van der Waals surface area contributed by atoms with Gasteiger partial charge < -0.3 is 29.2 Å². The molecular weight excluding hydrogens is 422 g/mol. The van der Waals surface area contributed by atoms with Crippen LogP contribution in [0.3, 0.4) is 0 Å². The van der Waals surface area contributed by atoms with Gasteiger partial charge in [0.1, 0.15) is 0 Å². The quantitative estimate of drug-likeness (QED) is 0.731. The Kier molecular flexibility index (Phi) is 3.80. The van der Waals surface area contributed by atoms with Crippen LogP contribution in [0, 0.1) is 5.92 Å². The summed E-state index contributed by atoms with van der Waals surface area (Å²) in [6, 6.07) is 1.40. The van der Waals surface area contributed by atoms with Crippen molar-refractivity contribution >= 4 is 11.6 Å². The Labute approximate surface area is 186 Å². The smallest absolute Gasteiger partial charge is 0.207 e. The molecule has 2 saturated heterocycles. The van der Waals surface area contributed by atoms with Crippen molar-refractivity contribution in [1.82, 2.24) is 4.90 Å². The van der Waals surface area contributed by atoms with E-state index in [9.17, 15) is 10.2 Å². The number of benzene rings is 1. The number of ether oxygens (including phenoxy) is 4. The Morgan fingerprint density at radius 1 is 1.23 bits per heavy atom. The topological polar surface area (TPSA) is 80.6 Å². The van der Waals surface area contributed by atoms with Crippen LogP contribution in [0.5, 0.6) is 11.5 Å². The zero-order chi connectivity index (χ0) is 21.2. The summed E-state index contributed by atoms with van der Waals surface area (Å²) in [5.74, 6) is 0.743. The highest BCUT2D eigenvalue weighted by Crippen LogP contribution is 2.70. The molecule has 31 heavy (non-hydrogen) atoms. The van der Waals surface area contributed by atoms with Crippen molar-refractivity contribution in [3.63, 3.8) is 0 Å². The van der Waals surface area contributed by atoms with E-state index in [4.69, 9.17) is 30.5 Å². The Hall–Kier alpha value is -1.09. The number of rotatable bonds is 3. The van der Waals surface area contributed by atoms with E-state index in [0.717, 1.165) is 24.2 Å². The lowest BCUT2D eigenvalue weighted by Crippen LogP contribution is -2.80. The van der Waals surface area contributed by atoms with Gasteiger partial charge in [-0.3, -0.25) is 4.90 Å². The van der Waals surface area contributed by atoms with Gasteiger partial charge in [0.25, 0.3) is 0 Å². The average Bonchev–Trinajstić information content (AvgIpc) is 3.31. The van der Waals surface area contributed by atoms with Gasteiger partial charge in [0, 0.05) is 18.5 Å². The third kappa shape index (κ3) is 2.14. The molecule has 0 radical (unpaired) electrons. The summed E-state index contributed by atoms with van der Waals surface area (Å²) >= 11 is 6.59. The summed E-state index contributed by atoms with van der Waals surface area (Å²) in [5.41, 5.74) is -0.299. The molecule has 6 aliphatic rings. The van der Waals surface area contributed by atoms with Crippen LogP contribution < -0.4 is 9.47 Å². The number of hydrogen-bond acceptors (Lipinski definition) is 7. The minimum absolute atomic E-state index is 0.407. The lowest BCUT2D eigenvalue weighted by Gasteiger charge is -2.66. The van der Waals surface area contributed by atoms with E-state index in [0.29, 0.717) is 54.9 Å². The second kappa shape index (κ2) is 6.07. The molecule has 2 spiro atoms. The number of likely N-dealkylation sites (tertiary alicyclic amines) is 1. The molecule has 7 rings (SSSR count). The maximum absolute atomic E-state index is 12.5. The molecule has 2 N–H and O–H groups in total. The highest BCUT2D eigenvalue weighted by molar-refractivity contribution is 6.32. The first-order valence-electron chi connectivity index (χ1n) is 11.5. The van der Waals surface area contributed by atoms with Crippen LogP contribution in [0.4, 0.5) is 0 Å². The van der Waals surface area contributed by atoms with Crippen molar-refractivity contribution in [2.24, 2.45) is 5.92 Å². The number of nitrogens with zero attached hydrogens (tertiary/aromatic N) is 1. The normalized spacial score (nSPS) is 41.9. The lowest BCUT2D eigenvalue weighted by atomic mass is 9.47. The molecule has 0 unspecified atom stereocenters. The van der Waals surface area contributed by atoms with Gasteiger partial charge in [-0.2, -0.15) is 0 Å². The van der Waals surface area contributed by atoms with Crippen LogP contribution in [-0.4, -0.2) is 72.1 Å². The van der Waals surface area contributed by atoms with Gasteiger partial charge in [0.2, 0.25) is 5.79 Å². The van der Waals surface area contributed by atoms with E-state index in [-0.39, 0.29) is 0 Å². The summed E-state index contributed by atoms with van der Waals surface area (Å²) in [4.78, 5) is 2.32. The van der Waals surface area contributed by atoms with Crippen molar-refractivity contribution in [3.05, 3.63) is 22.2 Å². The predicted molar refractivity (Wildman–Crippen MR) is 111 cm³/mol. The van der Waals surface area contributed by atoms with Gasteiger partial charge in [0.15, 0.2) is 17.6 Å². The first kappa shape index (κ1) is 19.4. The zero-order valence-corrected chi connectivity index (χ0v) is 18.4. The van der Waals surface area contributed by atoms with Gasteiger partial charge in [0.05, 0.1) is 48.5 Å². The number of aliphatic hydroxyl groups is 2. The predicted octanol–water partition coefficient (Wildman–Crippen LogP) is 2.15. The van der Waals surface area contributed by atoms with Crippen LogP contribution in [-0.2, 0) is 14.9 Å². The van der Waals surface area contributed by atoms with Gasteiger partial charge in [-0.25, -0.2) is 0 Å². The van der Waals surface area contributed by atoms with E-state index >= 15 is 0 Å². The largest absolute Gasteiger partial charge is 0.491 e. The highest BCUT2D eigenvalue weighted by Gasteiger charge is 2.79. The van der Waals surface area contributed by atoms with Gasteiger partial charge in [-0.05, 0) is 49.8 Å². The second-order valence-electron chi connectivity index (χ2n) is 10.2. The molecule has 4 fully saturated rings. The Morgan fingerprint density at radius 3 is 2.71 bits per heavy atom. The standard InChI is InChI=1S/C23H28ClNO6/c1-28-17-14(24)10-13-15-18(17)31-20-21(15)6-7-25(11-12-2-3-12)19(16(13)26)22(21,27)4-5-23(20)29-8-9-30-23/h10,12,16,19-20,26-27H,2-9,11H2,1H3/t16-,19+,20+,21-,22+/m0/s1. The average molecular weight is 450 g/mol. The molecule has 0 amide bonds. The zero-order valence-electron chi connectivity index (χ0n) is 17.6. The molecule has 1 aromatic rings. The third-order valence-corrected chi connectivity index (χ3v) is 9.12. The van der Waals surface area contributed by atoms with Crippen LogP contribution in [0.15, 0.2) is 6.07 Å². The third-order valence-electron chi connectivity index (χ3n) is 8.84. The summed E-state index contributed by atoms with van der Waals surface area (Å²) in [6.45, 7) is 2.72. The molecule has 0 aromatic heterocycles. The SMILES string of the molecule is COc1c(Cl)cc2c3c1O[C@H]1C4(CC[C@@]5(O)[C@@H]([C@H]2O)N(CC2CC2)CC[C@]315)OCCO4. The van der Waals surface area contributed by atoms with E-state index in [1.165, 1.54) is 12.8 Å². The summed E-state index contributed by atoms with van der Waals surface area (Å²) in [7, 11) is 1.57. The van der Waals surface area contributed by atoms with E-state index in [1.807, 2.05) is 6.07 Å². The van der Waals surface area contributed by atoms with Gasteiger partial charge >= 0.3 is 0 Å². The van der Waals surface area contributed by atoms with Crippen molar-refractivity contribution < 1.29 is 29.2 Å². The number of halogens is 1. The molecule has 168 valence electrons. The first-order chi connectivity index (χ1) is 15.0. The van der Waals surface area contributed by atoms with Crippen LogP contribution >= 0.6 is 11.6 Å². The fourth-order valence-corrected chi connectivity index (χ4v) is 7.76. The number of methoxy groups -OCH3 is 1. The van der Waals surface area contributed by atoms with E-state index < -0.39 is 35.1 Å². The number of piperidine rings is 1. The van der Waals surface area contributed by atoms with Crippen molar-refractivity contribution in [2.75, 3.05) is 33.4 Å². The number of aliphatic hydroxyl groups excluding tert-OH is 1. The molecule has 3 heterocycles. The maximum Gasteiger partial charge on any atom is 0.207 e. The van der Waals surface area contributed by atoms with Crippen LogP contribution in [0.25, 0.3) is 0 Å². The van der Waals surface area contributed by atoms with Crippen molar-refractivity contribution in [2.45, 2.75) is 67.2 Å². The molecular formula is C23H28ClNO6. The first-order valence-corrected chi connectivity index (χ1v) is 11.8. The maximum atomic E-state index is 12.5. The highest BCUT2D eigenvalue weighted by atomic mass is 35.5. The van der Waals surface area contributed by atoms with Crippen LogP contribution in [0.1, 0.15) is 49.3 Å². The fourth-order valence-electron chi connectivity index (χ4n) is 7.48. The molecule has 8 heteroatoms. The Morgan fingerprint density at radius 2 is 2.00 bits per heavy atom. The number of fused-ring (bicyclic) bond motifs is 1. The lowest BCUT2D eigenvalue weighted by molar-refractivity contribution is -0.304. The monoisotopic (exact) mass is 449 g/mol. The van der Waals surface area contributed by atoms with Crippen LogP contribution in [0.2, 0.25) is 5.02 Å². The molecule has 2 saturated carbocycles. The fraction of sp³-hybridized carbons (Fsp3) is 0.739. The minimum Gasteiger partial charge on any atom is -0.491 e. The Bertz CT molecular complexity index is 962. The van der Waals surface area contributed by atoms with Crippen molar-refractivity contribution in [3.8, 4) is 11.5 Å². The summed E-state index contributed by atoms with van der Waals surface area (Å²) in [5, 5.41) is 24.5. The second-order valence-corrected chi connectivity index (χ2v) is 10.6. The molecule has 3 aliphatic heterocycles. The van der Waals surface area contributed by atoms with Gasteiger partial charge in [-0.15, -0.1) is 0 Å². The summed E-state index contributed by atoms with van der Waals surface area (Å²) in [6.07, 6.45) is 2.81. The van der Waals surface area contributed by atoms with Crippen molar-refractivity contribution in [1.29, 1.82) is 0 Å². The van der Waals surface area contributed by atoms with E-state index in [1.54, 1.807) is 7.11 Å².